The van der Waals surface area contributed by atoms with Crippen LogP contribution in [0, 0.1) is 0 Å². The number of hydrogen-bond acceptors (Lipinski definition) is 6. The fourth-order valence-corrected chi connectivity index (χ4v) is 3.20. The molecule has 0 bridgehead atoms. The topological polar surface area (TPSA) is 73.7 Å². The minimum Gasteiger partial charge on any atom is -0.346 e. The normalized spacial score (nSPS) is 18.2. The smallest absolute Gasteiger partial charge is 0.264 e. The van der Waals surface area contributed by atoms with Gasteiger partial charge in [-0.05, 0) is 13.0 Å². The van der Waals surface area contributed by atoms with Crippen molar-refractivity contribution in [1.29, 1.82) is 0 Å². The lowest BCUT2D eigenvalue weighted by atomic mass is 10.3. The maximum absolute atomic E-state index is 10.6. The second kappa shape index (κ2) is 5.96. The van der Waals surface area contributed by atoms with Gasteiger partial charge in [0.15, 0.2) is 5.13 Å². The van der Waals surface area contributed by atoms with E-state index in [2.05, 4.69) is 14.8 Å². The molecule has 2 heterocycles. The molecule has 0 atom stereocenters. The Kier molecular flexibility index (Phi) is 4.55. The molecule has 1 saturated heterocycles. The van der Waals surface area contributed by atoms with Crippen LogP contribution in [0.3, 0.4) is 0 Å². The van der Waals surface area contributed by atoms with E-state index in [0.717, 1.165) is 31.3 Å². The second-order valence-corrected chi connectivity index (χ2v) is 6.73. The van der Waals surface area contributed by atoms with E-state index in [1.807, 2.05) is 5.38 Å². The molecule has 1 aromatic heterocycles. The van der Waals surface area contributed by atoms with Crippen molar-refractivity contribution < 1.29 is 13.0 Å². The molecule has 2 rings (SSSR count). The van der Waals surface area contributed by atoms with E-state index < -0.39 is 10.1 Å². The van der Waals surface area contributed by atoms with Crippen LogP contribution >= 0.6 is 11.3 Å². The van der Waals surface area contributed by atoms with Crippen LogP contribution in [0.25, 0.3) is 0 Å². The van der Waals surface area contributed by atoms with Crippen LogP contribution < -0.4 is 4.90 Å². The molecule has 1 aromatic rings. The molecule has 0 unspecified atom stereocenters. The van der Waals surface area contributed by atoms with Crippen molar-refractivity contribution in [3.05, 3.63) is 11.6 Å². The van der Waals surface area contributed by atoms with Crippen LogP contribution in [-0.2, 0) is 10.1 Å². The van der Waals surface area contributed by atoms with Crippen LogP contribution in [0.15, 0.2) is 11.6 Å². The van der Waals surface area contributed by atoms with Gasteiger partial charge in [-0.1, -0.05) is 0 Å². The lowest BCUT2D eigenvalue weighted by molar-refractivity contribution is 0.258. The van der Waals surface area contributed by atoms with Crippen molar-refractivity contribution in [1.82, 2.24) is 9.88 Å². The van der Waals surface area contributed by atoms with Crippen molar-refractivity contribution in [2.75, 3.05) is 43.4 Å². The van der Waals surface area contributed by atoms with Crippen molar-refractivity contribution in [2.45, 2.75) is 6.42 Å². The first-order valence-corrected chi connectivity index (χ1v) is 8.35. The molecule has 0 saturated carbocycles. The van der Waals surface area contributed by atoms with Gasteiger partial charge in [-0.3, -0.25) is 9.45 Å². The Morgan fingerprint density at radius 3 is 2.61 bits per heavy atom. The number of thiazole rings is 1. The number of rotatable bonds is 5. The average molecular weight is 291 g/mol. The van der Waals surface area contributed by atoms with Crippen LogP contribution in [0.1, 0.15) is 6.42 Å². The number of aromatic nitrogens is 1. The number of anilines is 1. The lowest BCUT2D eigenvalue weighted by Gasteiger charge is -2.34. The molecule has 0 radical (unpaired) electrons. The number of nitrogens with zero attached hydrogens (tertiary/aromatic N) is 3. The first-order chi connectivity index (χ1) is 8.54. The Hall–Kier alpha value is -0.700. The van der Waals surface area contributed by atoms with Crippen molar-refractivity contribution in [3.63, 3.8) is 0 Å². The summed E-state index contributed by atoms with van der Waals surface area (Å²) in [6.07, 6.45) is 2.29. The Bertz CT molecular complexity index is 453. The number of piperazine rings is 1. The molecule has 18 heavy (non-hydrogen) atoms. The third kappa shape index (κ3) is 4.20. The zero-order valence-electron chi connectivity index (χ0n) is 10.0. The second-order valence-electron chi connectivity index (χ2n) is 4.28. The van der Waals surface area contributed by atoms with Crippen LogP contribution in [-0.4, -0.2) is 61.3 Å². The number of hydrogen-bond donors (Lipinski definition) is 1. The summed E-state index contributed by atoms with van der Waals surface area (Å²) < 4.78 is 29.9. The van der Waals surface area contributed by atoms with E-state index >= 15 is 0 Å². The van der Waals surface area contributed by atoms with E-state index in [9.17, 15) is 8.42 Å². The first-order valence-electron chi connectivity index (χ1n) is 5.86. The quantitative estimate of drug-likeness (QED) is 0.798. The Morgan fingerprint density at radius 1 is 1.33 bits per heavy atom. The molecule has 1 fully saturated rings. The molecule has 0 aromatic carbocycles. The van der Waals surface area contributed by atoms with Crippen molar-refractivity contribution in [2.24, 2.45) is 0 Å². The van der Waals surface area contributed by atoms with Gasteiger partial charge in [0.05, 0.1) is 5.75 Å². The summed E-state index contributed by atoms with van der Waals surface area (Å²) in [5.41, 5.74) is 0. The minimum absolute atomic E-state index is 0.153. The molecule has 1 N–H and O–H groups in total. The highest BCUT2D eigenvalue weighted by atomic mass is 32.2. The van der Waals surface area contributed by atoms with Gasteiger partial charge in [0, 0.05) is 37.8 Å². The largest absolute Gasteiger partial charge is 0.346 e. The standard InChI is InChI=1S/C10H17N3O3S2/c14-18(15,16)9-1-3-12-4-6-13(7-5-12)10-11-2-8-17-10/h2,8H,1,3-7,9H2,(H,14,15,16). The van der Waals surface area contributed by atoms with Gasteiger partial charge in [0.1, 0.15) is 0 Å². The van der Waals surface area contributed by atoms with Gasteiger partial charge in [-0.25, -0.2) is 4.98 Å². The first kappa shape index (κ1) is 13.7. The molecule has 8 heteroatoms. The maximum atomic E-state index is 10.6. The molecule has 0 amide bonds. The Morgan fingerprint density at radius 2 is 2.06 bits per heavy atom. The van der Waals surface area contributed by atoms with E-state index in [0.29, 0.717) is 13.0 Å². The molecular formula is C10H17N3O3S2. The monoisotopic (exact) mass is 291 g/mol. The third-order valence-corrected chi connectivity index (χ3v) is 4.58. The molecule has 0 aliphatic carbocycles. The Labute approximate surface area is 111 Å². The van der Waals surface area contributed by atoms with Crippen LogP contribution in [0.4, 0.5) is 5.13 Å². The van der Waals surface area contributed by atoms with Crippen molar-refractivity contribution >= 4 is 26.6 Å². The SMILES string of the molecule is O=S(=O)(O)CCCN1CCN(c2nccs2)CC1. The summed E-state index contributed by atoms with van der Waals surface area (Å²) in [5.74, 6) is -0.153. The van der Waals surface area contributed by atoms with Crippen LogP contribution in [0.2, 0.25) is 0 Å². The predicted octanol–water partition coefficient (Wildman–Crippen LogP) is 0.543. The fourth-order valence-electron chi connectivity index (χ4n) is 2.01. The predicted molar refractivity (Wildman–Crippen MR) is 71.8 cm³/mol. The van der Waals surface area contributed by atoms with Gasteiger partial charge in [-0.2, -0.15) is 8.42 Å². The molecule has 0 spiro atoms. The average Bonchev–Trinajstić information content (AvgIpc) is 2.82. The lowest BCUT2D eigenvalue weighted by Crippen LogP contribution is -2.46. The van der Waals surface area contributed by atoms with Crippen molar-refractivity contribution in [3.8, 4) is 0 Å². The Balaban J connectivity index is 1.71. The van der Waals surface area contributed by atoms with Gasteiger partial charge in [0.2, 0.25) is 0 Å². The van der Waals surface area contributed by atoms with Gasteiger partial charge >= 0.3 is 0 Å². The molecule has 6 nitrogen and oxygen atoms in total. The highest BCUT2D eigenvalue weighted by Gasteiger charge is 2.18. The summed E-state index contributed by atoms with van der Waals surface area (Å²) in [5, 5.41) is 3.01. The van der Waals surface area contributed by atoms with Crippen LogP contribution in [0.5, 0.6) is 0 Å². The molecular weight excluding hydrogens is 274 g/mol. The summed E-state index contributed by atoms with van der Waals surface area (Å²) in [6, 6.07) is 0. The van der Waals surface area contributed by atoms with E-state index in [4.69, 9.17) is 4.55 Å². The fraction of sp³-hybridized carbons (Fsp3) is 0.700. The van der Waals surface area contributed by atoms with Gasteiger partial charge in [-0.15, -0.1) is 11.3 Å². The third-order valence-electron chi connectivity index (χ3n) is 2.94. The van der Waals surface area contributed by atoms with E-state index in [1.165, 1.54) is 0 Å². The highest BCUT2D eigenvalue weighted by Crippen LogP contribution is 2.18. The summed E-state index contributed by atoms with van der Waals surface area (Å²) in [7, 11) is -3.82. The maximum Gasteiger partial charge on any atom is 0.264 e. The summed E-state index contributed by atoms with van der Waals surface area (Å²) >= 11 is 1.64. The van der Waals surface area contributed by atoms with Gasteiger partial charge in [0.25, 0.3) is 10.1 Å². The zero-order chi connectivity index (χ0) is 13.0. The molecule has 1 aliphatic heterocycles. The summed E-state index contributed by atoms with van der Waals surface area (Å²) in [4.78, 5) is 8.73. The molecule has 102 valence electrons. The highest BCUT2D eigenvalue weighted by molar-refractivity contribution is 7.85. The van der Waals surface area contributed by atoms with E-state index in [1.54, 1.807) is 17.5 Å². The zero-order valence-corrected chi connectivity index (χ0v) is 11.7. The summed E-state index contributed by atoms with van der Waals surface area (Å²) in [6.45, 7) is 4.36. The van der Waals surface area contributed by atoms with E-state index in [-0.39, 0.29) is 5.75 Å². The van der Waals surface area contributed by atoms with Gasteiger partial charge < -0.3 is 4.90 Å². The molecule has 1 aliphatic rings. The minimum atomic E-state index is -3.82.